The van der Waals surface area contributed by atoms with Crippen LogP contribution >= 0.6 is 0 Å². The molecule has 6 heteroatoms. The Bertz CT molecular complexity index is 1180. The van der Waals surface area contributed by atoms with Crippen LogP contribution in [0.2, 0.25) is 0 Å². The van der Waals surface area contributed by atoms with E-state index in [4.69, 9.17) is 17.2 Å². The number of pyridine rings is 1. The summed E-state index contributed by atoms with van der Waals surface area (Å²) in [6, 6.07) is 15.2. The van der Waals surface area contributed by atoms with E-state index in [1.54, 1.807) is 6.20 Å². The molecule has 2 aromatic carbocycles. The molecule has 0 aliphatic carbocycles. The maximum atomic E-state index is 6.10. The number of benzene rings is 2. The number of nitrogens with one attached hydrogen (secondary N) is 1. The van der Waals surface area contributed by atoms with Gasteiger partial charge < -0.3 is 17.2 Å². The molecule has 0 amide bonds. The molecule has 2 aromatic heterocycles. The minimum absolute atomic E-state index is 0.366. The Hall–Kier alpha value is -3.98. The second-order valence-electron chi connectivity index (χ2n) is 5.83. The second kappa shape index (κ2) is 6.15. The Morgan fingerprint density at radius 2 is 1.73 bits per heavy atom. The summed E-state index contributed by atoms with van der Waals surface area (Å²) in [5.41, 5.74) is 22.7. The molecule has 0 aliphatic heterocycles. The maximum absolute atomic E-state index is 6.10. The van der Waals surface area contributed by atoms with Crippen molar-refractivity contribution in [2.75, 3.05) is 17.2 Å². The first-order valence-electron chi connectivity index (χ1n) is 7.98. The minimum Gasteiger partial charge on any atom is -0.398 e. The van der Waals surface area contributed by atoms with Gasteiger partial charge in [-0.05, 0) is 35.9 Å². The van der Waals surface area contributed by atoms with E-state index < -0.39 is 0 Å². The van der Waals surface area contributed by atoms with Gasteiger partial charge in [0.1, 0.15) is 5.82 Å². The molecule has 7 N–H and O–H groups in total. The Morgan fingerprint density at radius 1 is 0.885 bits per heavy atom. The van der Waals surface area contributed by atoms with Gasteiger partial charge >= 0.3 is 0 Å². The fourth-order valence-electron chi connectivity index (χ4n) is 2.79. The fourth-order valence-corrected chi connectivity index (χ4v) is 2.79. The van der Waals surface area contributed by atoms with Crippen LogP contribution in [0.15, 0.2) is 54.7 Å². The van der Waals surface area contributed by atoms with Crippen LogP contribution in [0.5, 0.6) is 0 Å². The molecule has 0 saturated heterocycles. The lowest BCUT2D eigenvalue weighted by Gasteiger charge is -2.07. The number of para-hydroxylation sites is 1. The van der Waals surface area contributed by atoms with Crippen molar-refractivity contribution >= 4 is 28.2 Å². The highest BCUT2D eigenvalue weighted by molar-refractivity contribution is 5.93. The summed E-state index contributed by atoms with van der Waals surface area (Å²) >= 11 is 0. The summed E-state index contributed by atoms with van der Waals surface area (Å²) in [4.78, 5) is 4.17. The molecule has 126 valence electrons. The summed E-state index contributed by atoms with van der Waals surface area (Å²) in [7, 11) is 0. The number of rotatable bonds is 1. The fraction of sp³-hybridized carbons (Fsp3) is 0. The highest BCUT2D eigenvalue weighted by Gasteiger charge is 2.10. The number of aromatic nitrogens is 3. The number of nitrogens with two attached hydrogens (primary N) is 3. The molecule has 4 rings (SSSR count). The van der Waals surface area contributed by atoms with Crippen molar-refractivity contribution in [3.63, 3.8) is 0 Å². The van der Waals surface area contributed by atoms with E-state index in [0.29, 0.717) is 22.9 Å². The summed E-state index contributed by atoms with van der Waals surface area (Å²) in [6.07, 6.45) is 1.66. The maximum Gasteiger partial charge on any atom is 0.153 e. The number of fused-ring (bicyclic) bond motifs is 1. The lowest BCUT2D eigenvalue weighted by molar-refractivity contribution is 1.13. The van der Waals surface area contributed by atoms with Crippen molar-refractivity contribution in [2.45, 2.75) is 0 Å². The van der Waals surface area contributed by atoms with Crippen LogP contribution in [0.3, 0.4) is 0 Å². The van der Waals surface area contributed by atoms with Gasteiger partial charge in [0.25, 0.3) is 0 Å². The summed E-state index contributed by atoms with van der Waals surface area (Å²) in [5, 5.41) is 7.77. The quantitative estimate of drug-likeness (QED) is 0.314. The normalized spacial score (nSPS) is 10.5. The van der Waals surface area contributed by atoms with E-state index in [2.05, 4.69) is 27.0 Å². The highest BCUT2D eigenvalue weighted by Crippen LogP contribution is 2.30. The molecular formula is C20H16N6. The van der Waals surface area contributed by atoms with Crippen LogP contribution < -0.4 is 17.2 Å². The van der Waals surface area contributed by atoms with Gasteiger partial charge in [0, 0.05) is 28.4 Å². The standard InChI is InChI=1S/C20H16N6/c21-17-4-2-1-3-12(17)5-7-15-14(9-10-24-19(15)22)13-6-8-18-16(11-13)20(23)26-25-18/h1-4,6,8-11H,21H2,(H2,22,24)(H3,23,25,26). The smallest absolute Gasteiger partial charge is 0.153 e. The third-order valence-electron chi connectivity index (χ3n) is 4.17. The van der Waals surface area contributed by atoms with Gasteiger partial charge in [0.05, 0.1) is 11.1 Å². The molecule has 4 aromatic rings. The molecule has 0 spiro atoms. The summed E-state index contributed by atoms with van der Waals surface area (Å²) in [6.45, 7) is 0. The van der Waals surface area contributed by atoms with Crippen molar-refractivity contribution in [1.82, 2.24) is 15.2 Å². The first kappa shape index (κ1) is 15.5. The molecule has 0 aliphatic rings. The first-order chi connectivity index (χ1) is 12.6. The largest absolute Gasteiger partial charge is 0.398 e. The van der Waals surface area contributed by atoms with Crippen LogP contribution in [0.4, 0.5) is 17.3 Å². The number of H-pyrrole nitrogens is 1. The van der Waals surface area contributed by atoms with Gasteiger partial charge in [-0.15, -0.1) is 0 Å². The zero-order chi connectivity index (χ0) is 18.1. The number of hydrogen-bond acceptors (Lipinski definition) is 5. The minimum atomic E-state index is 0.366. The van der Waals surface area contributed by atoms with Crippen LogP contribution in [-0.2, 0) is 0 Å². The topological polar surface area (TPSA) is 120 Å². The van der Waals surface area contributed by atoms with Crippen LogP contribution in [0, 0.1) is 11.8 Å². The SMILES string of the molecule is Nc1ccccc1C#Cc1c(-c2ccc3[nH]nc(N)c3c2)ccnc1N. The van der Waals surface area contributed by atoms with Crippen LogP contribution in [0.25, 0.3) is 22.0 Å². The zero-order valence-corrected chi connectivity index (χ0v) is 13.8. The van der Waals surface area contributed by atoms with Gasteiger partial charge in [-0.1, -0.05) is 30.0 Å². The predicted molar refractivity (Wildman–Crippen MR) is 105 cm³/mol. The number of anilines is 3. The van der Waals surface area contributed by atoms with Gasteiger partial charge in [-0.2, -0.15) is 5.10 Å². The van der Waals surface area contributed by atoms with E-state index in [1.165, 1.54) is 0 Å². The van der Waals surface area contributed by atoms with E-state index in [1.807, 2.05) is 48.5 Å². The van der Waals surface area contributed by atoms with Gasteiger partial charge in [-0.25, -0.2) is 4.98 Å². The Balaban J connectivity index is 1.87. The monoisotopic (exact) mass is 340 g/mol. The van der Waals surface area contributed by atoms with E-state index >= 15 is 0 Å². The zero-order valence-electron chi connectivity index (χ0n) is 13.8. The van der Waals surface area contributed by atoms with Gasteiger partial charge in [0.2, 0.25) is 0 Å². The van der Waals surface area contributed by atoms with Crippen molar-refractivity contribution in [1.29, 1.82) is 0 Å². The molecule has 0 unspecified atom stereocenters. The van der Waals surface area contributed by atoms with Crippen molar-refractivity contribution in [3.8, 4) is 23.0 Å². The van der Waals surface area contributed by atoms with Crippen LogP contribution in [0.1, 0.15) is 11.1 Å². The molecular weight excluding hydrogens is 324 g/mol. The Kier molecular flexibility index (Phi) is 3.67. The molecule has 0 atom stereocenters. The average molecular weight is 340 g/mol. The van der Waals surface area contributed by atoms with E-state index in [0.717, 1.165) is 27.6 Å². The second-order valence-corrected chi connectivity index (χ2v) is 5.83. The highest BCUT2D eigenvalue weighted by atomic mass is 15.1. The lowest BCUT2D eigenvalue weighted by atomic mass is 9.99. The van der Waals surface area contributed by atoms with Crippen LogP contribution in [-0.4, -0.2) is 15.2 Å². The predicted octanol–water partition coefficient (Wildman–Crippen LogP) is 2.77. The number of hydrogen-bond donors (Lipinski definition) is 4. The lowest BCUT2D eigenvalue weighted by Crippen LogP contribution is -1.97. The average Bonchev–Trinajstić information content (AvgIpc) is 3.02. The molecule has 6 nitrogen and oxygen atoms in total. The molecule has 0 bridgehead atoms. The third kappa shape index (κ3) is 2.68. The van der Waals surface area contributed by atoms with Crippen molar-refractivity contribution in [3.05, 3.63) is 65.9 Å². The molecule has 0 radical (unpaired) electrons. The number of aromatic amines is 1. The molecule has 26 heavy (non-hydrogen) atoms. The van der Waals surface area contributed by atoms with Crippen molar-refractivity contribution < 1.29 is 0 Å². The third-order valence-corrected chi connectivity index (χ3v) is 4.17. The number of nitrogen functional groups attached to an aromatic ring is 3. The summed E-state index contributed by atoms with van der Waals surface area (Å²) < 4.78 is 0. The Labute approximate surface area is 150 Å². The van der Waals surface area contributed by atoms with Gasteiger partial charge in [-0.3, -0.25) is 5.10 Å². The summed E-state index contributed by atoms with van der Waals surface area (Å²) in [5.74, 6) is 7.02. The van der Waals surface area contributed by atoms with Gasteiger partial charge in [0.15, 0.2) is 5.82 Å². The van der Waals surface area contributed by atoms with E-state index in [-0.39, 0.29) is 0 Å². The molecule has 2 heterocycles. The number of nitrogens with zero attached hydrogens (tertiary/aromatic N) is 2. The molecule has 0 saturated carbocycles. The molecule has 0 fully saturated rings. The van der Waals surface area contributed by atoms with E-state index in [9.17, 15) is 0 Å². The van der Waals surface area contributed by atoms with Crippen molar-refractivity contribution in [2.24, 2.45) is 0 Å². The first-order valence-corrected chi connectivity index (χ1v) is 7.98. The Morgan fingerprint density at radius 3 is 2.58 bits per heavy atom.